The number of amides is 1. The molecule has 138 valence electrons. The van der Waals surface area contributed by atoms with Crippen molar-refractivity contribution in [1.29, 1.82) is 0 Å². The molecule has 1 saturated carbocycles. The van der Waals surface area contributed by atoms with Gasteiger partial charge in [-0.3, -0.25) is 9.69 Å². The van der Waals surface area contributed by atoms with E-state index in [9.17, 15) is 4.79 Å². The summed E-state index contributed by atoms with van der Waals surface area (Å²) in [7, 11) is 0. The number of ether oxygens (including phenoxy) is 1. The van der Waals surface area contributed by atoms with E-state index in [4.69, 9.17) is 9.26 Å². The second kappa shape index (κ2) is 7.45. The monoisotopic (exact) mass is 356 g/mol. The molecule has 1 aliphatic heterocycles. The van der Waals surface area contributed by atoms with Crippen LogP contribution in [-0.4, -0.2) is 58.6 Å². The minimum atomic E-state index is 0.297. The first-order valence-corrected chi connectivity index (χ1v) is 9.30. The van der Waals surface area contributed by atoms with Crippen LogP contribution in [0.3, 0.4) is 0 Å². The predicted molar refractivity (Wildman–Crippen MR) is 95.5 cm³/mol. The third-order valence-electron chi connectivity index (χ3n) is 4.87. The van der Waals surface area contributed by atoms with Gasteiger partial charge in [0.1, 0.15) is 5.75 Å². The molecule has 7 nitrogen and oxygen atoms in total. The van der Waals surface area contributed by atoms with E-state index in [0.717, 1.165) is 50.3 Å². The number of piperazine rings is 1. The Morgan fingerprint density at radius 1 is 1.23 bits per heavy atom. The van der Waals surface area contributed by atoms with Crippen LogP contribution in [0.2, 0.25) is 0 Å². The van der Waals surface area contributed by atoms with Crippen LogP contribution in [0.25, 0.3) is 11.4 Å². The molecule has 1 saturated heterocycles. The highest BCUT2D eigenvalue weighted by Gasteiger charge is 2.34. The maximum Gasteiger partial charge on any atom is 0.241 e. The van der Waals surface area contributed by atoms with Crippen LogP contribution in [0, 0.1) is 5.92 Å². The van der Waals surface area contributed by atoms with Gasteiger partial charge in [0.25, 0.3) is 0 Å². The number of hydrogen-bond acceptors (Lipinski definition) is 6. The largest absolute Gasteiger partial charge is 0.493 e. The number of aromatic nitrogens is 2. The highest BCUT2D eigenvalue weighted by molar-refractivity contribution is 5.81. The summed E-state index contributed by atoms with van der Waals surface area (Å²) in [5.41, 5.74) is 0.837. The average Bonchev–Trinajstić information content (AvgIpc) is 3.42. The maximum absolute atomic E-state index is 12.1. The summed E-state index contributed by atoms with van der Waals surface area (Å²) in [5, 5.41) is 4.11. The molecule has 2 fully saturated rings. The molecule has 2 aliphatic rings. The molecule has 1 amide bonds. The summed E-state index contributed by atoms with van der Waals surface area (Å²) in [5.74, 6) is 2.53. The molecule has 1 aromatic carbocycles. The molecular formula is C19H24N4O3. The van der Waals surface area contributed by atoms with Crippen molar-refractivity contribution in [3.8, 4) is 17.1 Å². The van der Waals surface area contributed by atoms with E-state index in [1.165, 1.54) is 0 Å². The van der Waals surface area contributed by atoms with Crippen molar-refractivity contribution in [2.75, 3.05) is 32.8 Å². The van der Waals surface area contributed by atoms with Crippen LogP contribution in [0.15, 0.2) is 28.8 Å². The predicted octanol–water partition coefficient (Wildman–Crippen LogP) is 2.19. The number of carbonyl (C=O) groups is 1. The van der Waals surface area contributed by atoms with Crippen molar-refractivity contribution in [3.05, 3.63) is 30.2 Å². The van der Waals surface area contributed by atoms with Crippen LogP contribution in [-0.2, 0) is 11.3 Å². The molecule has 0 atom stereocenters. The molecule has 0 bridgehead atoms. The Labute approximate surface area is 152 Å². The number of hydrogen-bond donors (Lipinski definition) is 0. The smallest absolute Gasteiger partial charge is 0.241 e. The summed E-state index contributed by atoms with van der Waals surface area (Å²) in [4.78, 5) is 20.9. The van der Waals surface area contributed by atoms with Gasteiger partial charge in [0.05, 0.1) is 18.7 Å². The molecule has 0 N–H and O–H groups in total. The third-order valence-corrected chi connectivity index (χ3v) is 4.87. The summed E-state index contributed by atoms with van der Waals surface area (Å²) in [6.07, 6.45) is 2.13. The van der Waals surface area contributed by atoms with Gasteiger partial charge >= 0.3 is 0 Å². The fourth-order valence-electron chi connectivity index (χ4n) is 3.27. The van der Waals surface area contributed by atoms with Gasteiger partial charge < -0.3 is 14.2 Å². The molecule has 1 aliphatic carbocycles. The van der Waals surface area contributed by atoms with Crippen molar-refractivity contribution in [2.24, 2.45) is 5.92 Å². The van der Waals surface area contributed by atoms with Crippen molar-refractivity contribution in [1.82, 2.24) is 19.9 Å². The molecule has 0 unspecified atom stereocenters. The van der Waals surface area contributed by atoms with Crippen LogP contribution in [0.4, 0.5) is 0 Å². The lowest BCUT2D eigenvalue weighted by atomic mass is 10.2. The van der Waals surface area contributed by atoms with Gasteiger partial charge in [0, 0.05) is 32.1 Å². The molecule has 0 radical (unpaired) electrons. The van der Waals surface area contributed by atoms with Gasteiger partial charge in [-0.25, -0.2) is 0 Å². The number of nitrogens with zero attached hydrogens (tertiary/aromatic N) is 4. The molecule has 26 heavy (non-hydrogen) atoms. The lowest BCUT2D eigenvalue weighted by Gasteiger charge is -2.34. The highest BCUT2D eigenvalue weighted by atomic mass is 16.5. The van der Waals surface area contributed by atoms with Gasteiger partial charge in [-0.05, 0) is 31.9 Å². The second-order valence-electron chi connectivity index (χ2n) is 6.82. The van der Waals surface area contributed by atoms with Gasteiger partial charge in [0.15, 0.2) is 0 Å². The van der Waals surface area contributed by atoms with Crippen molar-refractivity contribution in [2.45, 2.75) is 26.3 Å². The first kappa shape index (κ1) is 17.0. The zero-order valence-corrected chi connectivity index (χ0v) is 15.1. The fourth-order valence-corrected chi connectivity index (χ4v) is 3.27. The van der Waals surface area contributed by atoms with E-state index in [0.29, 0.717) is 36.7 Å². The molecule has 0 spiro atoms. The Balaban J connectivity index is 1.36. The lowest BCUT2D eigenvalue weighted by molar-refractivity contribution is -0.134. The van der Waals surface area contributed by atoms with Crippen LogP contribution in [0.5, 0.6) is 5.75 Å². The van der Waals surface area contributed by atoms with E-state index in [-0.39, 0.29) is 0 Å². The van der Waals surface area contributed by atoms with Gasteiger partial charge in [-0.15, -0.1) is 0 Å². The summed E-state index contributed by atoms with van der Waals surface area (Å²) in [6.45, 7) is 6.39. The van der Waals surface area contributed by atoms with E-state index >= 15 is 0 Å². The van der Waals surface area contributed by atoms with Gasteiger partial charge in [-0.1, -0.05) is 17.3 Å². The number of benzene rings is 1. The number of carbonyl (C=O) groups excluding carboxylic acids is 1. The standard InChI is InChI=1S/C19H24N4O3/c1-2-25-16-6-4-3-5-15(16)18-20-17(26-21-18)13-22-9-11-23(12-10-22)19(24)14-7-8-14/h3-6,14H,2,7-13H2,1H3. The third kappa shape index (κ3) is 3.72. The lowest BCUT2D eigenvalue weighted by Crippen LogP contribution is -2.48. The summed E-state index contributed by atoms with van der Waals surface area (Å²) >= 11 is 0. The topological polar surface area (TPSA) is 71.7 Å². The van der Waals surface area contributed by atoms with E-state index < -0.39 is 0 Å². The molecule has 4 rings (SSSR count). The molecule has 2 heterocycles. The summed E-state index contributed by atoms with van der Waals surface area (Å²) in [6, 6.07) is 7.70. The minimum Gasteiger partial charge on any atom is -0.493 e. The Hall–Kier alpha value is -2.41. The molecular weight excluding hydrogens is 332 g/mol. The van der Waals surface area contributed by atoms with Crippen molar-refractivity contribution in [3.63, 3.8) is 0 Å². The van der Waals surface area contributed by atoms with Crippen LogP contribution < -0.4 is 4.74 Å². The number of rotatable bonds is 6. The van der Waals surface area contributed by atoms with Crippen LogP contribution >= 0.6 is 0 Å². The van der Waals surface area contributed by atoms with Gasteiger partial charge in [0.2, 0.25) is 17.6 Å². The van der Waals surface area contributed by atoms with Crippen molar-refractivity contribution < 1.29 is 14.1 Å². The minimum absolute atomic E-state index is 0.297. The molecule has 2 aromatic rings. The van der Waals surface area contributed by atoms with E-state index in [1.54, 1.807) is 0 Å². The zero-order chi connectivity index (χ0) is 17.9. The molecule has 7 heteroatoms. The fraction of sp³-hybridized carbons (Fsp3) is 0.526. The normalized spacial score (nSPS) is 18.1. The molecule has 1 aromatic heterocycles. The Bertz CT molecular complexity index is 764. The van der Waals surface area contributed by atoms with Gasteiger partial charge in [-0.2, -0.15) is 4.98 Å². The number of para-hydroxylation sites is 1. The Kier molecular flexibility index (Phi) is 4.88. The van der Waals surface area contributed by atoms with Crippen LogP contribution in [0.1, 0.15) is 25.7 Å². The first-order chi connectivity index (χ1) is 12.7. The Morgan fingerprint density at radius 2 is 2.00 bits per heavy atom. The van der Waals surface area contributed by atoms with E-state index in [1.807, 2.05) is 36.1 Å². The first-order valence-electron chi connectivity index (χ1n) is 9.30. The van der Waals surface area contributed by atoms with Crippen molar-refractivity contribution >= 4 is 5.91 Å². The SMILES string of the molecule is CCOc1ccccc1-c1noc(CN2CCN(C(=O)C3CC3)CC2)n1. The highest BCUT2D eigenvalue weighted by Crippen LogP contribution is 2.31. The zero-order valence-electron chi connectivity index (χ0n) is 15.1. The second-order valence-corrected chi connectivity index (χ2v) is 6.82. The Morgan fingerprint density at radius 3 is 2.73 bits per heavy atom. The average molecular weight is 356 g/mol. The van der Waals surface area contributed by atoms with E-state index in [2.05, 4.69) is 15.0 Å². The quantitative estimate of drug-likeness (QED) is 0.790. The maximum atomic E-state index is 12.1. The summed E-state index contributed by atoms with van der Waals surface area (Å²) < 4.78 is 11.1.